The highest BCUT2D eigenvalue weighted by molar-refractivity contribution is 5.94. The molecule has 178 valence electrons. The quantitative estimate of drug-likeness (QED) is 0.420. The topological polar surface area (TPSA) is 58.4 Å². The molecule has 6 heteroatoms. The fourth-order valence-corrected chi connectivity index (χ4v) is 4.71. The van der Waals surface area contributed by atoms with E-state index in [1.54, 1.807) is 0 Å². The van der Waals surface area contributed by atoms with Crippen LogP contribution in [0.3, 0.4) is 0 Å². The number of para-hydroxylation sites is 3. The van der Waals surface area contributed by atoms with Gasteiger partial charge >= 0.3 is 0 Å². The Morgan fingerprint density at radius 1 is 0.800 bits per heavy atom. The molecule has 1 fully saturated rings. The Morgan fingerprint density at radius 2 is 1.46 bits per heavy atom. The van der Waals surface area contributed by atoms with Crippen LogP contribution in [0.1, 0.15) is 35.1 Å². The van der Waals surface area contributed by atoms with Crippen LogP contribution in [0.15, 0.2) is 78.9 Å². The normalized spacial score (nSPS) is 13.9. The smallest absolute Gasteiger partial charge is 0.253 e. The molecule has 0 spiro atoms. The molecule has 1 aliphatic heterocycles. The summed E-state index contributed by atoms with van der Waals surface area (Å²) in [6.45, 7) is 4.34. The summed E-state index contributed by atoms with van der Waals surface area (Å²) >= 11 is 0. The van der Waals surface area contributed by atoms with Crippen molar-refractivity contribution in [3.05, 3.63) is 95.8 Å². The molecule has 1 aromatic heterocycles. The number of piperazine rings is 1. The molecule has 6 nitrogen and oxygen atoms in total. The van der Waals surface area contributed by atoms with Crippen LogP contribution in [0.25, 0.3) is 16.7 Å². The summed E-state index contributed by atoms with van der Waals surface area (Å²) < 4.78 is 2.14. The second-order valence-electron chi connectivity index (χ2n) is 8.91. The van der Waals surface area contributed by atoms with Gasteiger partial charge in [-0.3, -0.25) is 14.2 Å². The standard InChI is InChI=1S/C29H30N4O2/c1-2-22-12-14-23(15-13-22)29(35)32-20-18-31(19-21-32)28(34)17-16-27-30-25-10-6-7-11-26(25)33(27)24-8-4-3-5-9-24/h3-15H,2,16-21H2,1H3. The lowest BCUT2D eigenvalue weighted by atomic mass is 10.1. The second kappa shape index (κ2) is 10.1. The predicted molar refractivity (Wildman–Crippen MR) is 138 cm³/mol. The molecule has 0 atom stereocenters. The molecule has 0 N–H and O–H groups in total. The van der Waals surface area contributed by atoms with Crippen LogP contribution in [-0.2, 0) is 17.6 Å². The first-order valence-electron chi connectivity index (χ1n) is 12.3. The number of hydrogen-bond donors (Lipinski definition) is 0. The summed E-state index contributed by atoms with van der Waals surface area (Å²) in [5.74, 6) is 1.03. The van der Waals surface area contributed by atoms with Gasteiger partial charge in [0.05, 0.1) is 11.0 Å². The molecule has 3 aromatic carbocycles. The van der Waals surface area contributed by atoms with E-state index in [4.69, 9.17) is 4.98 Å². The largest absolute Gasteiger partial charge is 0.339 e. The van der Waals surface area contributed by atoms with Gasteiger partial charge in [-0.2, -0.15) is 0 Å². The number of nitrogens with zero attached hydrogens (tertiary/aromatic N) is 4. The zero-order valence-electron chi connectivity index (χ0n) is 20.1. The third-order valence-corrected chi connectivity index (χ3v) is 6.74. The van der Waals surface area contributed by atoms with Crippen molar-refractivity contribution in [1.82, 2.24) is 19.4 Å². The number of aromatic nitrogens is 2. The fourth-order valence-electron chi connectivity index (χ4n) is 4.71. The lowest BCUT2D eigenvalue weighted by molar-refractivity contribution is -0.132. The number of amides is 2. The van der Waals surface area contributed by atoms with Crippen LogP contribution in [0.4, 0.5) is 0 Å². The molecule has 0 bridgehead atoms. The summed E-state index contributed by atoms with van der Waals surface area (Å²) in [4.78, 5) is 34.4. The molecule has 1 aliphatic rings. The number of fused-ring (bicyclic) bond motifs is 1. The van der Waals surface area contributed by atoms with Gasteiger partial charge in [0, 0.05) is 50.3 Å². The van der Waals surface area contributed by atoms with Gasteiger partial charge < -0.3 is 9.80 Å². The van der Waals surface area contributed by atoms with Gasteiger partial charge in [0.25, 0.3) is 5.91 Å². The van der Waals surface area contributed by atoms with Crippen LogP contribution >= 0.6 is 0 Å². The summed E-state index contributed by atoms with van der Waals surface area (Å²) in [5.41, 5.74) is 4.94. The van der Waals surface area contributed by atoms with E-state index < -0.39 is 0 Å². The minimum Gasteiger partial charge on any atom is -0.339 e. The van der Waals surface area contributed by atoms with Crippen molar-refractivity contribution in [3.8, 4) is 5.69 Å². The molecule has 0 aliphatic carbocycles. The van der Waals surface area contributed by atoms with Gasteiger partial charge in [-0.05, 0) is 48.4 Å². The number of aryl methyl sites for hydroxylation is 2. The molecule has 0 saturated carbocycles. The molecule has 4 aromatic rings. The van der Waals surface area contributed by atoms with Gasteiger partial charge in [0.1, 0.15) is 5.82 Å². The maximum atomic E-state index is 13.0. The minimum absolute atomic E-state index is 0.0383. The van der Waals surface area contributed by atoms with Gasteiger partial charge in [0.15, 0.2) is 0 Å². The number of carbonyl (C=O) groups excluding carboxylic acids is 2. The van der Waals surface area contributed by atoms with Crippen molar-refractivity contribution in [3.63, 3.8) is 0 Å². The van der Waals surface area contributed by atoms with E-state index in [1.807, 2.05) is 70.5 Å². The summed E-state index contributed by atoms with van der Waals surface area (Å²) in [7, 11) is 0. The van der Waals surface area contributed by atoms with Crippen LogP contribution in [-0.4, -0.2) is 57.3 Å². The maximum Gasteiger partial charge on any atom is 0.253 e. The van der Waals surface area contributed by atoms with Crippen molar-refractivity contribution >= 4 is 22.8 Å². The third kappa shape index (κ3) is 4.83. The zero-order valence-corrected chi connectivity index (χ0v) is 20.1. The highest BCUT2D eigenvalue weighted by atomic mass is 16.2. The van der Waals surface area contributed by atoms with Crippen molar-refractivity contribution in [2.75, 3.05) is 26.2 Å². The molecule has 35 heavy (non-hydrogen) atoms. The molecule has 0 radical (unpaired) electrons. The number of carbonyl (C=O) groups is 2. The Kier molecular flexibility index (Phi) is 6.62. The van der Waals surface area contributed by atoms with Crippen molar-refractivity contribution in [2.24, 2.45) is 0 Å². The van der Waals surface area contributed by atoms with E-state index in [2.05, 4.69) is 29.7 Å². The molecule has 1 saturated heterocycles. The summed E-state index contributed by atoms with van der Waals surface area (Å²) in [6.07, 6.45) is 1.91. The summed E-state index contributed by atoms with van der Waals surface area (Å²) in [5, 5.41) is 0. The Labute approximate surface area is 205 Å². The van der Waals surface area contributed by atoms with Crippen LogP contribution in [0.2, 0.25) is 0 Å². The van der Waals surface area contributed by atoms with E-state index in [9.17, 15) is 9.59 Å². The maximum absolute atomic E-state index is 13.0. The first-order valence-corrected chi connectivity index (χ1v) is 12.3. The molecule has 0 unspecified atom stereocenters. The third-order valence-electron chi connectivity index (χ3n) is 6.74. The SMILES string of the molecule is CCc1ccc(C(=O)N2CCN(C(=O)CCc3nc4ccccc4n3-c3ccccc3)CC2)cc1. The van der Waals surface area contributed by atoms with Crippen molar-refractivity contribution < 1.29 is 9.59 Å². The predicted octanol–water partition coefficient (Wildman–Crippen LogP) is 4.51. The highest BCUT2D eigenvalue weighted by Gasteiger charge is 2.25. The second-order valence-corrected chi connectivity index (χ2v) is 8.91. The Morgan fingerprint density at radius 3 is 2.17 bits per heavy atom. The number of hydrogen-bond acceptors (Lipinski definition) is 3. The highest BCUT2D eigenvalue weighted by Crippen LogP contribution is 2.22. The van der Waals surface area contributed by atoms with E-state index in [0.717, 1.165) is 29.0 Å². The number of imidazole rings is 1. The minimum atomic E-state index is 0.0383. The van der Waals surface area contributed by atoms with Crippen LogP contribution in [0.5, 0.6) is 0 Å². The first kappa shape index (κ1) is 22.8. The van der Waals surface area contributed by atoms with E-state index in [0.29, 0.717) is 44.6 Å². The van der Waals surface area contributed by atoms with Gasteiger partial charge in [0.2, 0.25) is 5.91 Å². The molecule has 2 amide bonds. The number of benzene rings is 3. The van der Waals surface area contributed by atoms with Crippen LogP contribution < -0.4 is 0 Å². The first-order chi connectivity index (χ1) is 17.1. The average Bonchev–Trinajstić information content (AvgIpc) is 3.30. The zero-order chi connectivity index (χ0) is 24.2. The van der Waals surface area contributed by atoms with E-state index in [-0.39, 0.29) is 11.8 Å². The average molecular weight is 467 g/mol. The lowest BCUT2D eigenvalue weighted by Crippen LogP contribution is -2.50. The summed E-state index contributed by atoms with van der Waals surface area (Å²) in [6, 6.07) is 26.0. The molecular formula is C29H30N4O2. The van der Waals surface area contributed by atoms with Gasteiger partial charge in [-0.1, -0.05) is 49.4 Å². The fraction of sp³-hybridized carbons (Fsp3) is 0.276. The van der Waals surface area contributed by atoms with Gasteiger partial charge in [-0.15, -0.1) is 0 Å². The van der Waals surface area contributed by atoms with Gasteiger partial charge in [-0.25, -0.2) is 4.98 Å². The molecule has 2 heterocycles. The van der Waals surface area contributed by atoms with E-state index >= 15 is 0 Å². The molecular weight excluding hydrogens is 436 g/mol. The Hall–Kier alpha value is -3.93. The van der Waals surface area contributed by atoms with Crippen molar-refractivity contribution in [1.29, 1.82) is 0 Å². The van der Waals surface area contributed by atoms with E-state index in [1.165, 1.54) is 5.56 Å². The monoisotopic (exact) mass is 466 g/mol. The molecule has 5 rings (SSSR count). The number of rotatable bonds is 6. The lowest BCUT2D eigenvalue weighted by Gasteiger charge is -2.35. The Bertz CT molecular complexity index is 1320. The van der Waals surface area contributed by atoms with Crippen molar-refractivity contribution in [2.45, 2.75) is 26.2 Å². The van der Waals surface area contributed by atoms with Crippen LogP contribution in [0, 0.1) is 0 Å². The Balaban J connectivity index is 1.22.